The number of benzene rings is 2. The average Bonchev–Trinajstić information content (AvgIpc) is 2.83. The van der Waals surface area contributed by atoms with Gasteiger partial charge in [0.05, 0.1) is 5.69 Å². The fourth-order valence-electron chi connectivity index (χ4n) is 4.45. The summed E-state index contributed by atoms with van der Waals surface area (Å²) in [6.07, 6.45) is 0.743. The van der Waals surface area contributed by atoms with E-state index in [9.17, 15) is 9.90 Å². The number of phenols is 1. The van der Waals surface area contributed by atoms with Gasteiger partial charge in [-0.25, -0.2) is 0 Å². The standard InChI is InChI=1S/C25H32N10O2/c1-14-2-4-15(5-3-14)22(37)30-20-7-6-19(9-21(20)36)29-23-31-24(34-10-16(26)8-17(27)11-34)33-25(32-23)35-12-18(28)13-35/h2-7,9,16-18,36H,8,10-13,26-28H2,1H3,(H,30,37)(H,29,31,32,33)/t16-,17+. The topological polar surface area (TPSA) is 185 Å². The van der Waals surface area contributed by atoms with Gasteiger partial charge in [-0.1, -0.05) is 17.7 Å². The number of aromatic hydroxyl groups is 1. The summed E-state index contributed by atoms with van der Waals surface area (Å²) >= 11 is 0. The Kier molecular flexibility index (Phi) is 6.78. The zero-order chi connectivity index (χ0) is 26.1. The van der Waals surface area contributed by atoms with Crippen LogP contribution >= 0.6 is 0 Å². The Hall–Kier alpha value is -4.00. The number of hydrogen-bond acceptors (Lipinski definition) is 11. The van der Waals surface area contributed by atoms with Crippen LogP contribution in [0.1, 0.15) is 22.3 Å². The van der Waals surface area contributed by atoms with Gasteiger partial charge in [0.1, 0.15) is 5.75 Å². The first-order valence-corrected chi connectivity index (χ1v) is 12.2. The molecule has 3 heterocycles. The molecule has 2 atom stereocenters. The number of carbonyl (C=O) groups is 1. The highest BCUT2D eigenvalue weighted by atomic mass is 16.3. The van der Waals surface area contributed by atoms with Crippen molar-refractivity contribution >= 4 is 35.1 Å². The van der Waals surface area contributed by atoms with Crippen molar-refractivity contribution in [3.63, 3.8) is 0 Å². The third-order valence-electron chi connectivity index (χ3n) is 6.42. The summed E-state index contributed by atoms with van der Waals surface area (Å²) in [4.78, 5) is 30.3. The lowest BCUT2D eigenvalue weighted by Crippen LogP contribution is -2.56. The minimum absolute atomic E-state index is 0.0718. The first-order valence-electron chi connectivity index (χ1n) is 12.2. The van der Waals surface area contributed by atoms with Crippen LogP contribution in [0.2, 0.25) is 0 Å². The van der Waals surface area contributed by atoms with Crippen LogP contribution in [-0.4, -0.2) is 70.3 Å². The van der Waals surface area contributed by atoms with Gasteiger partial charge < -0.3 is 42.7 Å². The summed E-state index contributed by atoms with van der Waals surface area (Å²) in [5.41, 5.74) is 20.7. The van der Waals surface area contributed by atoms with Gasteiger partial charge in [-0.3, -0.25) is 4.79 Å². The Morgan fingerprint density at radius 1 is 0.892 bits per heavy atom. The van der Waals surface area contributed by atoms with E-state index in [1.807, 2.05) is 28.9 Å². The maximum atomic E-state index is 12.5. The van der Waals surface area contributed by atoms with Crippen LogP contribution < -0.4 is 37.6 Å². The molecular formula is C25H32N10O2. The number of phenolic OH excluding ortho intramolecular Hbond substituents is 1. The average molecular weight is 505 g/mol. The normalized spacial score (nSPS) is 19.9. The lowest BCUT2D eigenvalue weighted by atomic mass is 10.0. The number of nitrogens with one attached hydrogen (secondary N) is 2. The van der Waals surface area contributed by atoms with Gasteiger partial charge in [0, 0.05) is 61.6 Å². The monoisotopic (exact) mass is 504 g/mol. The largest absolute Gasteiger partial charge is 0.506 e. The van der Waals surface area contributed by atoms with Crippen molar-refractivity contribution < 1.29 is 9.90 Å². The van der Waals surface area contributed by atoms with Crippen molar-refractivity contribution in [2.24, 2.45) is 17.2 Å². The predicted molar refractivity (Wildman–Crippen MR) is 143 cm³/mol. The van der Waals surface area contributed by atoms with E-state index in [2.05, 4.69) is 25.6 Å². The van der Waals surface area contributed by atoms with E-state index in [-0.39, 0.29) is 29.8 Å². The summed E-state index contributed by atoms with van der Waals surface area (Å²) in [5, 5.41) is 16.5. The lowest BCUT2D eigenvalue weighted by Gasteiger charge is -2.38. The highest BCUT2D eigenvalue weighted by Gasteiger charge is 2.29. The molecule has 0 radical (unpaired) electrons. The van der Waals surface area contributed by atoms with Crippen LogP contribution in [0.5, 0.6) is 5.75 Å². The Labute approximate surface area is 214 Å². The van der Waals surface area contributed by atoms with Crippen molar-refractivity contribution in [1.29, 1.82) is 0 Å². The SMILES string of the molecule is Cc1ccc(C(=O)Nc2ccc(Nc3nc(N4CC(N)C4)nc(N4C[C@H](N)C[C@H](N)C4)n3)cc2O)cc1. The molecular weight excluding hydrogens is 472 g/mol. The van der Waals surface area contributed by atoms with Gasteiger partial charge in [0.15, 0.2) is 0 Å². The van der Waals surface area contributed by atoms with E-state index < -0.39 is 0 Å². The van der Waals surface area contributed by atoms with Crippen LogP contribution in [0, 0.1) is 6.92 Å². The smallest absolute Gasteiger partial charge is 0.255 e. The van der Waals surface area contributed by atoms with Gasteiger partial charge >= 0.3 is 0 Å². The van der Waals surface area contributed by atoms with E-state index in [1.54, 1.807) is 24.3 Å². The van der Waals surface area contributed by atoms with Crippen molar-refractivity contribution in [2.75, 3.05) is 46.6 Å². The maximum absolute atomic E-state index is 12.5. The minimum Gasteiger partial charge on any atom is -0.506 e. The van der Waals surface area contributed by atoms with Crippen LogP contribution in [0.3, 0.4) is 0 Å². The van der Waals surface area contributed by atoms with E-state index in [0.717, 1.165) is 12.0 Å². The first kappa shape index (κ1) is 24.7. The molecule has 1 aromatic heterocycles. The molecule has 2 fully saturated rings. The molecule has 2 aliphatic heterocycles. The molecule has 12 heteroatoms. The van der Waals surface area contributed by atoms with E-state index in [1.165, 1.54) is 6.07 Å². The third-order valence-corrected chi connectivity index (χ3v) is 6.42. The van der Waals surface area contributed by atoms with E-state index in [0.29, 0.717) is 61.0 Å². The molecule has 0 spiro atoms. The molecule has 5 rings (SSSR count). The summed E-state index contributed by atoms with van der Waals surface area (Å²) in [6, 6.07) is 12.0. The maximum Gasteiger partial charge on any atom is 0.255 e. The molecule has 2 aromatic carbocycles. The van der Waals surface area contributed by atoms with Crippen molar-refractivity contribution in [2.45, 2.75) is 31.5 Å². The molecule has 2 saturated heterocycles. The van der Waals surface area contributed by atoms with E-state index >= 15 is 0 Å². The molecule has 2 aliphatic rings. The van der Waals surface area contributed by atoms with Gasteiger partial charge in [-0.15, -0.1) is 0 Å². The number of anilines is 5. The molecule has 0 aliphatic carbocycles. The number of hydrogen-bond donors (Lipinski definition) is 6. The van der Waals surface area contributed by atoms with E-state index in [4.69, 9.17) is 17.2 Å². The second-order valence-electron chi connectivity index (χ2n) is 9.76. The first-order chi connectivity index (χ1) is 17.7. The van der Waals surface area contributed by atoms with Gasteiger partial charge in [-0.2, -0.15) is 15.0 Å². The second-order valence-corrected chi connectivity index (χ2v) is 9.76. The van der Waals surface area contributed by atoms with Gasteiger partial charge in [-0.05, 0) is 37.6 Å². The summed E-state index contributed by atoms with van der Waals surface area (Å²) in [5.74, 6) is 0.886. The molecule has 0 unspecified atom stereocenters. The number of aromatic nitrogens is 3. The van der Waals surface area contributed by atoms with Crippen molar-refractivity contribution in [3.05, 3.63) is 53.6 Å². The molecule has 0 saturated carbocycles. The molecule has 9 N–H and O–H groups in total. The fraction of sp³-hybridized carbons (Fsp3) is 0.360. The molecule has 0 bridgehead atoms. The highest BCUT2D eigenvalue weighted by molar-refractivity contribution is 6.05. The minimum atomic E-state index is -0.312. The Morgan fingerprint density at radius 3 is 2.05 bits per heavy atom. The number of carbonyl (C=O) groups excluding carboxylic acids is 1. The zero-order valence-corrected chi connectivity index (χ0v) is 20.6. The Morgan fingerprint density at radius 2 is 1.49 bits per heavy atom. The number of aryl methyl sites for hydroxylation is 1. The molecule has 37 heavy (non-hydrogen) atoms. The van der Waals surface area contributed by atoms with Gasteiger partial charge in [0.2, 0.25) is 17.8 Å². The lowest BCUT2D eigenvalue weighted by molar-refractivity contribution is 0.102. The molecule has 12 nitrogen and oxygen atoms in total. The van der Waals surface area contributed by atoms with Crippen LogP contribution in [0.4, 0.5) is 29.2 Å². The molecule has 194 valence electrons. The second kappa shape index (κ2) is 10.2. The fourth-order valence-corrected chi connectivity index (χ4v) is 4.45. The van der Waals surface area contributed by atoms with Crippen molar-refractivity contribution in [1.82, 2.24) is 15.0 Å². The number of nitrogens with zero attached hydrogens (tertiary/aromatic N) is 5. The third kappa shape index (κ3) is 5.71. The summed E-state index contributed by atoms with van der Waals surface area (Å²) < 4.78 is 0. The summed E-state index contributed by atoms with van der Waals surface area (Å²) in [6.45, 7) is 4.43. The van der Waals surface area contributed by atoms with Crippen LogP contribution in [0.15, 0.2) is 42.5 Å². The van der Waals surface area contributed by atoms with Gasteiger partial charge in [0.25, 0.3) is 5.91 Å². The summed E-state index contributed by atoms with van der Waals surface area (Å²) in [7, 11) is 0. The Bertz CT molecular complexity index is 1270. The number of piperidine rings is 1. The Balaban J connectivity index is 1.35. The number of rotatable bonds is 6. The molecule has 1 amide bonds. The van der Waals surface area contributed by atoms with Crippen LogP contribution in [-0.2, 0) is 0 Å². The highest BCUT2D eigenvalue weighted by Crippen LogP contribution is 2.30. The predicted octanol–water partition coefficient (Wildman–Crippen LogP) is 0.894. The number of nitrogens with two attached hydrogens (primary N) is 3. The van der Waals surface area contributed by atoms with Crippen molar-refractivity contribution in [3.8, 4) is 5.75 Å². The number of amides is 1. The zero-order valence-electron chi connectivity index (χ0n) is 20.6. The quantitative estimate of drug-likeness (QED) is 0.262. The molecule has 3 aromatic rings. The van der Waals surface area contributed by atoms with Crippen LogP contribution in [0.25, 0.3) is 0 Å².